The zero-order valence-corrected chi connectivity index (χ0v) is 16.9. The zero-order chi connectivity index (χ0) is 21.3. The molecule has 0 saturated heterocycles. The number of nitrogens with zero attached hydrogens (tertiary/aromatic N) is 1. The number of nitrogens with one attached hydrogen (secondary N) is 2. The maximum Gasteiger partial charge on any atom is 0.258 e. The van der Waals surface area contributed by atoms with Gasteiger partial charge in [-0.1, -0.05) is 36.4 Å². The molecule has 0 saturated carbocycles. The van der Waals surface area contributed by atoms with Crippen molar-refractivity contribution in [2.75, 3.05) is 26.2 Å². The number of β-amino-alcohol motifs (C(OH)–C–C–N with tert-alkyl or cyclic N) is 1. The molecule has 1 heterocycles. The van der Waals surface area contributed by atoms with Crippen LogP contribution < -0.4 is 15.8 Å². The summed E-state index contributed by atoms with van der Waals surface area (Å²) in [5.41, 5.74) is 9.59. The number of para-hydroxylation sites is 1. The molecule has 1 aliphatic heterocycles. The molecule has 158 valence electrons. The third-order valence-electron chi connectivity index (χ3n) is 5.03. The molecule has 5 N–H and O–H groups in total. The minimum Gasteiger partial charge on any atom is -0.483 e. The summed E-state index contributed by atoms with van der Waals surface area (Å²) in [6, 6.07) is 15.4. The van der Waals surface area contributed by atoms with Crippen LogP contribution in [0.2, 0.25) is 0 Å². The monoisotopic (exact) mass is 408 g/mol. The van der Waals surface area contributed by atoms with Crippen LogP contribution in [-0.2, 0) is 17.8 Å². The van der Waals surface area contributed by atoms with Gasteiger partial charge in [-0.25, -0.2) is 0 Å². The van der Waals surface area contributed by atoms with Crippen molar-refractivity contribution in [3.8, 4) is 5.75 Å². The van der Waals surface area contributed by atoms with Gasteiger partial charge in [-0.05, 0) is 35.8 Å². The number of carbonyl (C=O) groups excluding carboxylic acids is 1. The van der Waals surface area contributed by atoms with Gasteiger partial charge >= 0.3 is 0 Å². The smallest absolute Gasteiger partial charge is 0.258 e. The molecule has 0 radical (unpaired) electrons. The molecule has 1 atom stereocenters. The van der Waals surface area contributed by atoms with Gasteiger partial charge in [-0.3, -0.25) is 9.69 Å². The van der Waals surface area contributed by atoms with Crippen LogP contribution in [0.1, 0.15) is 16.7 Å². The van der Waals surface area contributed by atoms with Crippen molar-refractivity contribution in [2.24, 2.45) is 5.73 Å². The molecule has 1 aliphatic rings. The second-order valence-corrected chi connectivity index (χ2v) is 7.29. The Bertz CT molecular complexity index is 913. The molecular weight excluding hydrogens is 380 g/mol. The third-order valence-corrected chi connectivity index (χ3v) is 5.03. The lowest BCUT2D eigenvalue weighted by Gasteiger charge is -2.30. The lowest BCUT2D eigenvalue weighted by Crippen LogP contribution is -2.42. The maximum atomic E-state index is 12.1. The highest BCUT2D eigenvalue weighted by Gasteiger charge is 2.19. The molecule has 7 nitrogen and oxygen atoms in total. The van der Waals surface area contributed by atoms with Crippen molar-refractivity contribution in [1.82, 2.24) is 10.2 Å². The van der Waals surface area contributed by atoms with Gasteiger partial charge in [-0.15, -0.1) is 0 Å². The van der Waals surface area contributed by atoms with E-state index in [1.165, 1.54) is 17.2 Å². The Morgan fingerprint density at radius 1 is 1.23 bits per heavy atom. The van der Waals surface area contributed by atoms with Gasteiger partial charge in [0.25, 0.3) is 5.91 Å². The number of amides is 1. The van der Waals surface area contributed by atoms with Crippen molar-refractivity contribution in [2.45, 2.75) is 19.1 Å². The first kappa shape index (κ1) is 21.5. The number of hydrogen-bond acceptors (Lipinski definition) is 6. The van der Waals surface area contributed by atoms with Crippen LogP contribution in [0, 0.1) is 5.41 Å². The molecule has 1 amide bonds. The number of fused-ring (bicyclic) bond motifs is 1. The second-order valence-electron chi connectivity index (χ2n) is 7.29. The molecule has 0 fully saturated rings. The standard InChI is InChI=1S/C23H28N4O3/c24-11-9-21(25)20-7-3-4-8-22(20)30-16-23(29)26-13-19(28)15-27-12-10-17-5-1-2-6-18(17)14-27/h1-9,11,19,24,28H,10,12-16,25H2,(H,26,29). The largest absolute Gasteiger partial charge is 0.483 e. The van der Waals surface area contributed by atoms with E-state index in [2.05, 4.69) is 28.4 Å². The predicted molar refractivity (Wildman–Crippen MR) is 117 cm³/mol. The van der Waals surface area contributed by atoms with E-state index in [-0.39, 0.29) is 19.1 Å². The first-order valence-corrected chi connectivity index (χ1v) is 9.99. The Kier molecular flexibility index (Phi) is 7.59. The molecule has 0 aromatic heterocycles. The summed E-state index contributed by atoms with van der Waals surface area (Å²) in [6.45, 7) is 2.19. The van der Waals surface area contributed by atoms with Crippen molar-refractivity contribution >= 4 is 17.8 Å². The second kappa shape index (κ2) is 10.6. The van der Waals surface area contributed by atoms with E-state index in [9.17, 15) is 9.90 Å². The molecule has 1 unspecified atom stereocenters. The number of ether oxygens (including phenoxy) is 1. The van der Waals surface area contributed by atoms with Crippen molar-refractivity contribution < 1.29 is 14.6 Å². The fourth-order valence-electron chi connectivity index (χ4n) is 3.51. The van der Waals surface area contributed by atoms with Crippen LogP contribution in [0.15, 0.2) is 54.6 Å². The Morgan fingerprint density at radius 3 is 2.77 bits per heavy atom. The Balaban J connectivity index is 1.43. The van der Waals surface area contributed by atoms with Gasteiger partial charge in [-0.2, -0.15) is 0 Å². The Morgan fingerprint density at radius 2 is 1.97 bits per heavy atom. The lowest BCUT2D eigenvalue weighted by atomic mass is 10.00. The molecular formula is C23H28N4O3. The van der Waals surface area contributed by atoms with E-state index in [0.717, 1.165) is 25.7 Å². The highest BCUT2D eigenvalue weighted by Crippen LogP contribution is 2.22. The number of hydrogen-bond donors (Lipinski definition) is 4. The summed E-state index contributed by atoms with van der Waals surface area (Å²) in [4.78, 5) is 14.3. The van der Waals surface area contributed by atoms with Crippen molar-refractivity contribution in [3.05, 3.63) is 71.3 Å². The molecule has 3 rings (SSSR count). The van der Waals surface area contributed by atoms with Crippen LogP contribution in [-0.4, -0.2) is 54.5 Å². The fraction of sp³-hybridized carbons (Fsp3) is 0.304. The van der Waals surface area contributed by atoms with Crippen LogP contribution in [0.4, 0.5) is 0 Å². The summed E-state index contributed by atoms with van der Waals surface area (Å²) < 4.78 is 5.59. The average molecular weight is 409 g/mol. The first-order valence-electron chi connectivity index (χ1n) is 9.99. The van der Waals surface area contributed by atoms with E-state index in [4.69, 9.17) is 15.9 Å². The highest BCUT2D eigenvalue weighted by molar-refractivity contribution is 5.83. The van der Waals surface area contributed by atoms with Crippen LogP contribution in [0.3, 0.4) is 0 Å². The maximum absolute atomic E-state index is 12.1. The SMILES string of the molecule is N=CC=C(N)c1ccccc1OCC(=O)NCC(O)CN1CCc2ccccc2C1. The lowest BCUT2D eigenvalue weighted by molar-refractivity contribution is -0.123. The van der Waals surface area contributed by atoms with E-state index in [1.807, 2.05) is 12.1 Å². The zero-order valence-electron chi connectivity index (χ0n) is 16.9. The summed E-state index contributed by atoms with van der Waals surface area (Å²) in [6.07, 6.45) is 2.87. The molecule has 30 heavy (non-hydrogen) atoms. The minimum absolute atomic E-state index is 0.165. The number of nitrogens with two attached hydrogens (primary N) is 1. The Labute approximate surface area is 176 Å². The number of aliphatic hydroxyl groups is 1. The summed E-state index contributed by atoms with van der Waals surface area (Å²) in [5.74, 6) is 0.151. The van der Waals surface area contributed by atoms with Gasteiger partial charge in [0.15, 0.2) is 6.61 Å². The van der Waals surface area contributed by atoms with Crippen LogP contribution in [0.25, 0.3) is 5.70 Å². The number of allylic oxidation sites excluding steroid dienone is 1. The number of carbonyl (C=O) groups is 1. The summed E-state index contributed by atoms with van der Waals surface area (Å²) in [5, 5.41) is 20.2. The topological polar surface area (TPSA) is 112 Å². The van der Waals surface area contributed by atoms with Gasteiger partial charge in [0.05, 0.1) is 6.10 Å². The average Bonchev–Trinajstić information content (AvgIpc) is 2.76. The number of aliphatic hydroxyl groups excluding tert-OH is 1. The molecule has 7 heteroatoms. The molecule has 0 aliphatic carbocycles. The summed E-state index contributed by atoms with van der Waals surface area (Å²) in [7, 11) is 0. The molecule has 0 spiro atoms. The van der Waals surface area contributed by atoms with Gasteiger partial charge < -0.3 is 26.3 Å². The van der Waals surface area contributed by atoms with E-state index < -0.39 is 6.10 Å². The first-order chi connectivity index (χ1) is 14.6. The Hall–Kier alpha value is -3.16. The van der Waals surface area contributed by atoms with Crippen LogP contribution >= 0.6 is 0 Å². The molecule has 2 aromatic rings. The van der Waals surface area contributed by atoms with E-state index in [0.29, 0.717) is 23.6 Å². The highest BCUT2D eigenvalue weighted by atomic mass is 16.5. The predicted octanol–water partition coefficient (Wildman–Crippen LogP) is 1.55. The van der Waals surface area contributed by atoms with Crippen LogP contribution in [0.5, 0.6) is 5.75 Å². The minimum atomic E-state index is -0.655. The quantitative estimate of drug-likeness (QED) is 0.471. The molecule has 2 aromatic carbocycles. The fourth-order valence-corrected chi connectivity index (χ4v) is 3.51. The number of rotatable bonds is 9. The van der Waals surface area contributed by atoms with E-state index in [1.54, 1.807) is 18.2 Å². The number of benzene rings is 2. The third kappa shape index (κ3) is 5.92. The van der Waals surface area contributed by atoms with Crippen molar-refractivity contribution in [1.29, 1.82) is 5.41 Å². The van der Waals surface area contributed by atoms with Crippen molar-refractivity contribution in [3.63, 3.8) is 0 Å². The van der Waals surface area contributed by atoms with Gasteiger partial charge in [0.2, 0.25) is 0 Å². The molecule has 0 bridgehead atoms. The normalized spacial score (nSPS) is 15.2. The summed E-state index contributed by atoms with van der Waals surface area (Å²) >= 11 is 0. The van der Waals surface area contributed by atoms with Gasteiger partial charge in [0.1, 0.15) is 5.75 Å². The van der Waals surface area contributed by atoms with Gasteiger partial charge in [0, 0.05) is 43.7 Å². The van der Waals surface area contributed by atoms with E-state index >= 15 is 0 Å².